The van der Waals surface area contributed by atoms with Crippen LogP contribution in [0.15, 0.2) is 0 Å². The maximum atomic E-state index is 12.0. The van der Waals surface area contributed by atoms with Crippen LogP contribution in [0.5, 0.6) is 0 Å². The molecule has 4 fully saturated rings. The zero-order chi connectivity index (χ0) is 34.0. The first-order chi connectivity index (χ1) is 20.4. The van der Waals surface area contributed by atoms with Gasteiger partial charge in [0, 0.05) is 0 Å². The molecule has 12 nitrogen and oxygen atoms in total. The van der Waals surface area contributed by atoms with Crippen LogP contribution in [0, 0.1) is 57.7 Å². The van der Waals surface area contributed by atoms with E-state index in [0.29, 0.717) is 17.8 Å². The minimum atomic E-state index is -5.35. The summed E-state index contributed by atoms with van der Waals surface area (Å²) in [6.45, 7) is 15.7. The van der Waals surface area contributed by atoms with Gasteiger partial charge in [-0.3, -0.25) is 12.5 Å². The first kappa shape index (κ1) is 48.6. The topological polar surface area (TPSA) is 199 Å². The van der Waals surface area contributed by atoms with Crippen LogP contribution in [-0.4, -0.2) is 57.2 Å². The minimum absolute atomic E-state index is 0. The van der Waals surface area contributed by atoms with E-state index in [0.717, 1.165) is 44.9 Å². The molecule has 0 aliphatic heterocycles. The van der Waals surface area contributed by atoms with Crippen LogP contribution in [0.1, 0.15) is 113 Å². The first-order valence-electron chi connectivity index (χ1n) is 16.3. The quantitative estimate of drug-likeness (QED) is 0.106. The Morgan fingerprint density at radius 1 is 0.708 bits per heavy atom. The largest absolute Gasteiger partial charge is 1.00 e. The number of rotatable bonds is 12. The molecule has 0 bridgehead atoms. The predicted molar refractivity (Wildman–Crippen MR) is 161 cm³/mol. The fourth-order valence-corrected chi connectivity index (χ4v) is 12.0. The van der Waals surface area contributed by atoms with Crippen molar-refractivity contribution in [3.63, 3.8) is 0 Å². The van der Waals surface area contributed by atoms with Gasteiger partial charge in [-0.25, -0.2) is 25.3 Å². The van der Waals surface area contributed by atoms with Crippen LogP contribution < -0.4 is 88.7 Å². The van der Waals surface area contributed by atoms with Crippen molar-refractivity contribution < 1.29 is 140 Å². The van der Waals surface area contributed by atoms with E-state index in [1.54, 1.807) is 0 Å². The molecular formula is C30H51Na3O12S3. The molecule has 0 saturated heterocycles. The predicted octanol–water partition coefficient (Wildman–Crippen LogP) is -4.10. The zero-order valence-corrected chi connectivity index (χ0v) is 38.9. The summed E-state index contributed by atoms with van der Waals surface area (Å²) < 4.78 is 120. The second kappa shape index (κ2) is 17.6. The average molecular weight is 769 g/mol. The standard InChI is InChI=1S/C30H54O12S3.3Na/c1-8-28(4,5)19(3)10-9-18(2)21-11-12-22-20-15-25(40-43(31,32)33)24-16-26(41-44(34,35)36)27(42-45(37,38)39)17-30(24,7)23(20)13-14-29(21,22)6;;;/h18-27H,8-17H2,1-7H3,(H,31,32,33)(H,34,35,36)(H,37,38,39);;;/q;3*+1/p-3. The molecule has 4 aliphatic rings. The van der Waals surface area contributed by atoms with Crippen LogP contribution >= 0.6 is 0 Å². The Labute approximate surface area is 355 Å². The Balaban J connectivity index is 0.00000384. The normalized spacial score (nSPS) is 38.1. The molecule has 18 heteroatoms. The Morgan fingerprint density at radius 2 is 1.21 bits per heavy atom. The average Bonchev–Trinajstić information content (AvgIpc) is 3.23. The van der Waals surface area contributed by atoms with Gasteiger partial charge in [0.15, 0.2) is 0 Å². The van der Waals surface area contributed by atoms with E-state index >= 15 is 0 Å². The summed E-state index contributed by atoms with van der Waals surface area (Å²) in [4.78, 5) is 0. The SMILES string of the molecule is CCC(C)(C)C(C)CCC(C)C1CCC2C3CC(OS(=O)(=O)[O-])C4CC(OS(=O)(=O)[O-])C(OS(=O)(=O)[O-])CC4(C)C3CCC12C.[Na+].[Na+].[Na+]. The summed E-state index contributed by atoms with van der Waals surface area (Å²) >= 11 is 0. The summed E-state index contributed by atoms with van der Waals surface area (Å²) in [5.74, 6) is 0.821. The summed E-state index contributed by atoms with van der Waals surface area (Å²) in [5, 5.41) is 0. The molecule has 0 aromatic rings. The van der Waals surface area contributed by atoms with E-state index in [4.69, 9.17) is 8.37 Å². The Hall–Kier alpha value is 2.61. The molecule has 0 aromatic carbocycles. The smallest absolute Gasteiger partial charge is 0.726 e. The van der Waals surface area contributed by atoms with Crippen LogP contribution in [-0.2, 0) is 43.7 Å². The van der Waals surface area contributed by atoms with Gasteiger partial charge in [0.25, 0.3) is 0 Å². The number of hydrogen-bond acceptors (Lipinski definition) is 12. The number of hydrogen-bond donors (Lipinski definition) is 0. The van der Waals surface area contributed by atoms with E-state index in [-0.39, 0.29) is 137 Å². The van der Waals surface area contributed by atoms with Crippen molar-refractivity contribution in [2.75, 3.05) is 0 Å². The Bertz CT molecular complexity index is 1410. The molecule has 48 heavy (non-hydrogen) atoms. The van der Waals surface area contributed by atoms with Crippen molar-refractivity contribution in [3.05, 3.63) is 0 Å². The first-order valence-corrected chi connectivity index (χ1v) is 20.3. The zero-order valence-electron chi connectivity index (χ0n) is 30.5. The second-order valence-electron chi connectivity index (χ2n) is 15.8. The monoisotopic (exact) mass is 768 g/mol. The molecule has 264 valence electrons. The van der Waals surface area contributed by atoms with Crippen LogP contribution in [0.3, 0.4) is 0 Å². The molecule has 0 heterocycles. The molecule has 0 N–H and O–H groups in total. The van der Waals surface area contributed by atoms with E-state index in [2.05, 4.69) is 45.7 Å². The molecule has 4 saturated carbocycles. The van der Waals surface area contributed by atoms with Crippen molar-refractivity contribution in [1.82, 2.24) is 0 Å². The van der Waals surface area contributed by atoms with Gasteiger partial charge in [0.05, 0.1) is 6.10 Å². The van der Waals surface area contributed by atoms with E-state index < -0.39 is 60.8 Å². The summed E-state index contributed by atoms with van der Waals surface area (Å²) in [5.41, 5.74) is -0.661. The van der Waals surface area contributed by atoms with Gasteiger partial charge in [-0.05, 0) is 109 Å². The Kier molecular flexibility index (Phi) is 17.8. The molecule has 0 aromatic heterocycles. The molecule has 0 amide bonds. The van der Waals surface area contributed by atoms with Crippen LogP contribution in [0.25, 0.3) is 0 Å². The van der Waals surface area contributed by atoms with Gasteiger partial charge in [-0.1, -0.05) is 61.3 Å². The van der Waals surface area contributed by atoms with E-state index in [9.17, 15) is 38.9 Å². The van der Waals surface area contributed by atoms with Gasteiger partial charge < -0.3 is 13.7 Å². The third kappa shape index (κ3) is 11.1. The van der Waals surface area contributed by atoms with Crippen molar-refractivity contribution in [1.29, 1.82) is 0 Å². The molecule has 0 radical (unpaired) electrons. The van der Waals surface area contributed by atoms with Gasteiger partial charge in [-0.2, -0.15) is 0 Å². The second-order valence-corrected chi connectivity index (χ2v) is 18.8. The molecule has 4 rings (SSSR count). The van der Waals surface area contributed by atoms with Crippen molar-refractivity contribution >= 4 is 31.2 Å². The van der Waals surface area contributed by atoms with Crippen molar-refractivity contribution in [2.24, 2.45) is 57.7 Å². The van der Waals surface area contributed by atoms with Crippen molar-refractivity contribution in [3.8, 4) is 0 Å². The molecule has 0 spiro atoms. The summed E-state index contributed by atoms with van der Waals surface area (Å²) in [7, 11) is -15.8. The molecular weight excluding hydrogens is 717 g/mol. The fourth-order valence-electron chi connectivity index (χ4n) is 10.4. The molecule has 12 unspecified atom stereocenters. The van der Waals surface area contributed by atoms with Gasteiger partial charge in [0.1, 0.15) is 12.2 Å². The maximum absolute atomic E-state index is 12.0. The third-order valence-electron chi connectivity index (χ3n) is 13.4. The third-order valence-corrected chi connectivity index (χ3v) is 14.9. The van der Waals surface area contributed by atoms with Crippen LogP contribution in [0.4, 0.5) is 0 Å². The molecule has 12 atom stereocenters. The van der Waals surface area contributed by atoms with E-state index in [1.807, 2.05) is 6.92 Å². The summed E-state index contributed by atoms with van der Waals surface area (Å²) in [6.07, 6.45) is 2.28. The minimum Gasteiger partial charge on any atom is -0.726 e. The van der Waals surface area contributed by atoms with Crippen LogP contribution in [0.2, 0.25) is 0 Å². The van der Waals surface area contributed by atoms with Gasteiger partial charge >= 0.3 is 88.7 Å². The molecule has 4 aliphatic carbocycles. The van der Waals surface area contributed by atoms with Crippen molar-refractivity contribution in [2.45, 2.75) is 131 Å². The maximum Gasteiger partial charge on any atom is 1.00 e. The van der Waals surface area contributed by atoms with Gasteiger partial charge in [0.2, 0.25) is 31.2 Å². The summed E-state index contributed by atoms with van der Waals surface area (Å²) in [6, 6.07) is 0. The van der Waals surface area contributed by atoms with Gasteiger partial charge in [-0.15, -0.1) is 0 Å². The van der Waals surface area contributed by atoms with E-state index in [1.165, 1.54) is 0 Å². The number of fused-ring (bicyclic) bond motifs is 5. The fraction of sp³-hybridized carbons (Fsp3) is 1.00. The Morgan fingerprint density at radius 3 is 1.73 bits per heavy atom.